The molecule has 5 rings (SSSR count). The first kappa shape index (κ1) is 17.9. The van der Waals surface area contributed by atoms with E-state index < -0.39 is 0 Å². The molecule has 2 N–H and O–H groups in total. The standard InChI is InChI=1S/C20H29N5S/c1-14(2)20-12-24-7-8-25(13-20)11-16(10-24)18(20)22-23-19(26)21-17-6-4-5-15(3)9-17/h4-6,9,14,16H,7-8,10-13H2,1-3H3,(H2,21,23,26)/b22-18-. The Kier molecular flexibility index (Phi) is 4.75. The monoisotopic (exact) mass is 371 g/mol. The number of piperidine rings is 2. The van der Waals surface area contributed by atoms with Crippen LogP contribution < -0.4 is 10.7 Å². The van der Waals surface area contributed by atoms with Crippen molar-refractivity contribution < 1.29 is 0 Å². The van der Waals surface area contributed by atoms with Gasteiger partial charge in [-0.15, -0.1) is 0 Å². The average Bonchev–Trinajstić information content (AvgIpc) is 2.82. The van der Waals surface area contributed by atoms with Crippen LogP contribution in [0.3, 0.4) is 0 Å². The number of benzene rings is 1. The average molecular weight is 372 g/mol. The number of hydrazone groups is 1. The fourth-order valence-corrected chi connectivity index (χ4v) is 5.04. The third-order valence-corrected chi connectivity index (χ3v) is 6.45. The molecule has 2 unspecified atom stereocenters. The van der Waals surface area contributed by atoms with E-state index in [9.17, 15) is 0 Å². The first-order chi connectivity index (χ1) is 12.5. The van der Waals surface area contributed by atoms with Gasteiger partial charge in [-0.05, 0) is 42.8 Å². The second-order valence-corrected chi connectivity index (χ2v) is 8.82. The summed E-state index contributed by atoms with van der Waals surface area (Å²) in [6, 6.07) is 8.22. The molecule has 0 saturated carbocycles. The maximum Gasteiger partial charge on any atom is 0.191 e. The number of anilines is 1. The fraction of sp³-hybridized carbons (Fsp3) is 0.600. The topological polar surface area (TPSA) is 42.9 Å². The Morgan fingerprint density at radius 3 is 2.54 bits per heavy atom. The summed E-state index contributed by atoms with van der Waals surface area (Å²) in [6.45, 7) is 13.6. The molecule has 4 saturated heterocycles. The van der Waals surface area contributed by atoms with Crippen LogP contribution in [0, 0.1) is 24.2 Å². The zero-order chi connectivity index (χ0) is 18.3. The molecule has 4 aliphatic rings. The summed E-state index contributed by atoms with van der Waals surface area (Å²) in [5.74, 6) is 1.07. The molecule has 0 radical (unpaired) electrons. The van der Waals surface area contributed by atoms with Crippen molar-refractivity contribution in [3.63, 3.8) is 0 Å². The molecule has 26 heavy (non-hydrogen) atoms. The molecular formula is C20H29N5S. The van der Waals surface area contributed by atoms with Crippen LogP contribution in [0.25, 0.3) is 0 Å². The predicted octanol–water partition coefficient (Wildman–Crippen LogP) is 2.54. The Labute approximate surface area is 161 Å². The van der Waals surface area contributed by atoms with Gasteiger partial charge in [0.1, 0.15) is 0 Å². The Balaban J connectivity index is 1.53. The van der Waals surface area contributed by atoms with Crippen LogP contribution in [0.1, 0.15) is 19.4 Å². The van der Waals surface area contributed by atoms with Gasteiger partial charge < -0.3 is 15.1 Å². The minimum Gasteiger partial charge on any atom is -0.331 e. The summed E-state index contributed by atoms with van der Waals surface area (Å²) in [5, 5.41) is 8.70. The molecule has 1 aromatic carbocycles. The van der Waals surface area contributed by atoms with Gasteiger partial charge in [0, 0.05) is 56.3 Å². The van der Waals surface area contributed by atoms with Crippen molar-refractivity contribution in [1.29, 1.82) is 0 Å². The molecular weight excluding hydrogens is 342 g/mol. The summed E-state index contributed by atoms with van der Waals surface area (Å²) in [7, 11) is 0. The van der Waals surface area contributed by atoms with Gasteiger partial charge in [-0.2, -0.15) is 5.10 Å². The molecule has 0 aromatic heterocycles. The van der Waals surface area contributed by atoms with Crippen molar-refractivity contribution in [2.24, 2.45) is 22.4 Å². The van der Waals surface area contributed by atoms with Gasteiger partial charge in [0.15, 0.2) is 5.11 Å². The SMILES string of the molecule is Cc1cccc(NC(=S)N/N=C2/C3CN4CCN(C3)CC2(C(C)C)C4)c1. The van der Waals surface area contributed by atoms with Crippen molar-refractivity contribution in [2.75, 3.05) is 44.6 Å². The summed E-state index contributed by atoms with van der Waals surface area (Å²) in [6.07, 6.45) is 0. The Morgan fingerprint density at radius 1 is 1.23 bits per heavy atom. The minimum absolute atomic E-state index is 0.142. The summed E-state index contributed by atoms with van der Waals surface area (Å²) < 4.78 is 0. The molecule has 0 aliphatic carbocycles. The molecule has 0 amide bonds. The lowest BCUT2D eigenvalue weighted by Crippen LogP contribution is -2.63. The molecule has 140 valence electrons. The third kappa shape index (κ3) is 3.26. The maximum absolute atomic E-state index is 5.49. The van der Waals surface area contributed by atoms with E-state index in [-0.39, 0.29) is 5.41 Å². The molecule has 5 nitrogen and oxygen atoms in total. The lowest BCUT2D eigenvalue weighted by atomic mass is 9.64. The zero-order valence-corrected chi connectivity index (χ0v) is 16.8. The van der Waals surface area contributed by atoms with Crippen LogP contribution in [-0.4, -0.2) is 59.9 Å². The lowest BCUT2D eigenvalue weighted by Gasteiger charge is -2.52. The Morgan fingerprint density at radius 2 is 1.92 bits per heavy atom. The molecule has 4 heterocycles. The highest BCUT2D eigenvalue weighted by Gasteiger charge is 2.53. The predicted molar refractivity (Wildman–Crippen MR) is 112 cm³/mol. The number of nitrogens with one attached hydrogen (secondary N) is 2. The van der Waals surface area contributed by atoms with E-state index in [4.69, 9.17) is 17.3 Å². The van der Waals surface area contributed by atoms with Crippen molar-refractivity contribution in [2.45, 2.75) is 20.8 Å². The van der Waals surface area contributed by atoms with Crippen LogP contribution >= 0.6 is 12.2 Å². The van der Waals surface area contributed by atoms with E-state index in [1.165, 1.54) is 24.4 Å². The smallest absolute Gasteiger partial charge is 0.191 e. The molecule has 4 fully saturated rings. The van der Waals surface area contributed by atoms with Crippen molar-refractivity contribution in [3.05, 3.63) is 29.8 Å². The zero-order valence-electron chi connectivity index (χ0n) is 16.0. The lowest BCUT2D eigenvalue weighted by molar-refractivity contribution is 0.0828. The van der Waals surface area contributed by atoms with Gasteiger partial charge in [0.25, 0.3) is 0 Å². The van der Waals surface area contributed by atoms with Gasteiger partial charge in [-0.25, -0.2) is 0 Å². The van der Waals surface area contributed by atoms with E-state index in [1.54, 1.807) is 0 Å². The second-order valence-electron chi connectivity index (χ2n) is 8.41. The first-order valence-electron chi connectivity index (χ1n) is 9.63. The number of aryl methyl sites for hydroxylation is 1. The maximum atomic E-state index is 5.49. The van der Waals surface area contributed by atoms with Crippen LogP contribution in [0.4, 0.5) is 5.69 Å². The highest BCUT2D eigenvalue weighted by molar-refractivity contribution is 7.80. The number of hydrogen-bond acceptors (Lipinski definition) is 4. The number of hydrogen-bond donors (Lipinski definition) is 2. The highest BCUT2D eigenvalue weighted by atomic mass is 32.1. The minimum atomic E-state index is 0.142. The van der Waals surface area contributed by atoms with Gasteiger partial charge in [-0.3, -0.25) is 5.43 Å². The Hall–Kier alpha value is -1.50. The van der Waals surface area contributed by atoms with E-state index in [0.717, 1.165) is 31.9 Å². The number of fused-ring (bicyclic) bond motifs is 1. The van der Waals surface area contributed by atoms with Crippen molar-refractivity contribution in [3.8, 4) is 0 Å². The van der Waals surface area contributed by atoms with E-state index in [1.807, 2.05) is 12.1 Å². The van der Waals surface area contributed by atoms with Crippen LogP contribution in [0.15, 0.2) is 29.4 Å². The normalized spacial score (nSPS) is 34.2. The second kappa shape index (κ2) is 6.91. The number of rotatable bonds is 3. The van der Waals surface area contributed by atoms with Gasteiger partial charge in [0.2, 0.25) is 0 Å². The molecule has 2 atom stereocenters. The largest absolute Gasteiger partial charge is 0.331 e. The molecule has 4 bridgehead atoms. The van der Waals surface area contributed by atoms with Crippen LogP contribution in [0.2, 0.25) is 0 Å². The van der Waals surface area contributed by atoms with Crippen molar-refractivity contribution in [1.82, 2.24) is 15.2 Å². The fourth-order valence-electron chi connectivity index (χ4n) is 4.88. The Bertz CT molecular complexity index is 713. The summed E-state index contributed by atoms with van der Waals surface area (Å²) >= 11 is 5.49. The van der Waals surface area contributed by atoms with E-state index in [2.05, 4.69) is 53.4 Å². The summed E-state index contributed by atoms with van der Waals surface area (Å²) in [4.78, 5) is 5.28. The van der Waals surface area contributed by atoms with E-state index in [0.29, 0.717) is 16.9 Å². The number of nitrogens with zero attached hydrogens (tertiary/aromatic N) is 3. The molecule has 0 spiro atoms. The molecule has 6 heteroatoms. The van der Waals surface area contributed by atoms with Crippen molar-refractivity contribution >= 4 is 28.7 Å². The highest BCUT2D eigenvalue weighted by Crippen LogP contribution is 2.43. The van der Waals surface area contributed by atoms with Crippen LogP contribution in [-0.2, 0) is 0 Å². The van der Waals surface area contributed by atoms with E-state index >= 15 is 0 Å². The van der Waals surface area contributed by atoms with Crippen LogP contribution in [0.5, 0.6) is 0 Å². The first-order valence-corrected chi connectivity index (χ1v) is 10.0. The quantitative estimate of drug-likeness (QED) is 0.631. The summed E-state index contributed by atoms with van der Waals surface area (Å²) in [5.41, 5.74) is 6.83. The molecule has 4 aliphatic heterocycles. The number of thiocarbonyl (C=S) groups is 1. The van der Waals surface area contributed by atoms with Gasteiger partial charge in [0.05, 0.1) is 5.71 Å². The molecule has 1 aromatic rings. The third-order valence-electron chi connectivity index (χ3n) is 6.26. The van der Waals surface area contributed by atoms with Gasteiger partial charge >= 0.3 is 0 Å². The van der Waals surface area contributed by atoms with Gasteiger partial charge in [-0.1, -0.05) is 26.0 Å².